The molecule has 1 fully saturated rings. The molecule has 0 amide bonds. The van der Waals surface area contributed by atoms with Gasteiger partial charge in [0.15, 0.2) is 0 Å². The van der Waals surface area contributed by atoms with Crippen molar-refractivity contribution in [3.63, 3.8) is 0 Å². The summed E-state index contributed by atoms with van der Waals surface area (Å²) in [5, 5.41) is 9.43. The highest BCUT2D eigenvalue weighted by Crippen LogP contribution is 2.32. The summed E-state index contributed by atoms with van der Waals surface area (Å²) in [6.07, 6.45) is 9.40. The number of carbonyl (C=O) groups is 2. The molecule has 21 heavy (non-hydrogen) atoms. The number of hydrogen-bond donors (Lipinski definition) is 1. The van der Waals surface area contributed by atoms with E-state index in [2.05, 4.69) is 6.92 Å². The third-order valence-corrected chi connectivity index (χ3v) is 4.60. The normalized spacial score (nSPS) is 19.0. The van der Waals surface area contributed by atoms with Crippen LogP contribution in [-0.2, 0) is 14.3 Å². The van der Waals surface area contributed by atoms with Crippen LogP contribution in [0, 0.1) is 17.8 Å². The predicted octanol–water partition coefficient (Wildman–Crippen LogP) is 4.03. The Hall–Kier alpha value is -1.06. The molecule has 0 bridgehead atoms. The maximum Gasteiger partial charge on any atom is 0.309 e. The standard InChI is InChI=1S/C17H30O4/c1-3-4-8-11-21-17(20)13(2)15(16(18)19)12-14-9-6-5-7-10-14/h13-15H,3-12H2,1-2H3,(H,18,19)/t13-,15+/m1/s1. The zero-order chi connectivity index (χ0) is 15.7. The van der Waals surface area contributed by atoms with Gasteiger partial charge in [0, 0.05) is 0 Å². The van der Waals surface area contributed by atoms with Gasteiger partial charge >= 0.3 is 11.9 Å². The highest BCUT2D eigenvalue weighted by atomic mass is 16.5. The molecule has 1 saturated carbocycles. The zero-order valence-corrected chi connectivity index (χ0v) is 13.5. The molecule has 0 unspecified atom stereocenters. The van der Waals surface area contributed by atoms with Gasteiger partial charge in [-0.25, -0.2) is 0 Å². The van der Waals surface area contributed by atoms with Gasteiger partial charge in [-0.2, -0.15) is 0 Å². The van der Waals surface area contributed by atoms with Crippen molar-refractivity contribution in [3.8, 4) is 0 Å². The molecule has 2 atom stereocenters. The predicted molar refractivity (Wildman–Crippen MR) is 82.0 cm³/mol. The van der Waals surface area contributed by atoms with Gasteiger partial charge in [-0.15, -0.1) is 0 Å². The summed E-state index contributed by atoms with van der Waals surface area (Å²) in [6.45, 7) is 4.20. The average Bonchev–Trinajstić information content (AvgIpc) is 2.49. The summed E-state index contributed by atoms with van der Waals surface area (Å²) < 4.78 is 5.22. The lowest BCUT2D eigenvalue weighted by Gasteiger charge is -2.27. The molecule has 122 valence electrons. The first-order valence-corrected chi connectivity index (χ1v) is 8.45. The van der Waals surface area contributed by atoms with E-state index in [1.54, 1.807) is 6.92 Å². The van der Waals surface area contributed by atoms with E-state index in [1.165, 1.54) is 19.3 Å². The van der Waals surface area contributed by atoms with Crippen molar-refractivity contribution in [3.05, 3.63) is 0 Å². The van der Waals surface area contributed by atoms with Crippen LogP contribution in [0.2, 0.25) is 0 Å². The number of carboxylic acid groups (broad SMARTS) is 1. The Labute approximate surface area is 128 Å². The molecule has 4 nitrogen and oxygen atoms in total. The van der Waals surface area contributed by atoms with Crippen LogP contribution >= 0.6 is 0 Å². The first-order valence-electron chi connectivity index (χ1n) is 8.45. The first-order chi connectivity index (χ1) is 10.1. The van der Waals surface area contributed by atoms with Gasteiger partial charge in [0.05, 0.1) is 18.4 Å². The Balaban J connectivity index is 2.45. The second-order valence-electron chi connectivity index (χ2n) is 6.35. The van der Waals surface area contributed by atoms with E-state index >= 15 is 0 Å². The van der Waals surface area contributed by atoms with Gasteiger partial charge in [0.1, 0.15) is 0 Å². The summed E-state index contributed by atoms with van der Waals surface area (Å²) in [7, 11) is 0. The number of esters is 1. The average molecular weight is 298 g/mol. The minimum Gasteiger partial charge on any atom is -0.481 e. The van der Waals surface area contributed by atoms with Crippen LogP contribution in [0.5, 0.6) is 0 Å². The molecule has 4 heteroatoms. The molecule has 0 aromatic carbocycles. The first kappa shape index (κ1) is 18.0. The molecule has 0 aromatic heterocycles. The lowest BCUT2D eigenvalue weighted by Crippen LogP contribution is -2.31. The molecule has 1 aliphatic rings. The molecular weight excluding hydrogens is 268 g/mol. The van der Waals surface area contributed by atoms with Gasteiger partial charge < -0.3 is 9.84 Å². The van der Waals surface area contributed by atoms with E-state index in [4.69, 9.17) is 4.74 Å². The fourth-order valence-corrected chi connectivity index (χ4v) is 3.12. The summed E-state index contributed by atoms with van der Waals surface area (Å²) in [5.74, 6) is -1.92. The Bertz CT molecular complexity index is 321. The van der Waals surface area contributed by atoms with Crippen LogP contribution in [0.1, 0.15) is 71.6 Å². The van der Waals surface area contributed by atoms with Gasteiger partial charge in [-0.3, -0.25) is 9.59 Å². The smallest absolute Gasteiger partial charge is 0.309 e. The molecule has 1 rings (SSSR count). The third kappa shape index (κ3) is 6.49. The van der Waals surface area contributed by atoms with Crippen LogP contribution in [0.3, 0.4) is 0 Å². The minimum atomic E-state index is -0.862. The van der Waals surface area contributed by atoms with E-state index in [-0.39, 0.29) is 5.97 Å². The maximum atomic E-state index is 12.0. The molecule has 0 spiro atoms. The summed E-state index contributed by atoms with van der Waals surface area (Å²) in [4.78, 5) is 23.5. The van der Waals surface area contributed by atoms with Crippen LogP contribution < -0.4 is 0 Å². The lowest BCUT2D eigenvalue weighted by molar-refractivity contribution is -0.157. The molecule has 1 aliphatic carbocycles. The number of carbonyl (C=O) groups excluding carboxylic acids is 1. The van der Waals surface area contributed by atoms with E-state index in [9.17, 15) is 14.7 Å². The van der Waals surface area contributed by atoms with Gasteiger partial charge in [0.25, 0.3) is 0 Å². The fraction of sp³-hybridized carbons (Fsp3) is 0.882. The Morgan fingerprint density at radius 1 is 1.19 bits per heavy atom. The molecule has 0 aromatic rings. The van der Waals surface area contributed by atoms with Crippen molar-refractivity contribution < 1.29 is 19.4 Å². The molecule has 0 heterocycles. The molecule has 1 N–H and O–H groups in total. The number of carboxylic acids is 1. The number of unbranched alkanes of at least 4 members (excludes halogenated alkanes) is 2. The second kappa shape index (κ2) is 9.80. The van der Waals surface area contributed by atoms with Crippen LogP contribution in [-0.4, -0.2) is 23.7 Å². The maximum absolute atomic E-state index is 12.0. The quantitative estimate of drug-likeness (QED) is 0.515. The summed E-state index contributed by atoms with van der Waals surface area (Å²) in [5.41, 5.74) is 0. The van der Waals surface area contributed by atoms with E-state index in [0.717, 1.165) is 32.1 Å². The van der Waals surface area contributed by atoms with Crippen LogP contribution in [0.4, 0.5) is 0 Å². The minimum absolute atomic E-state index is 0.352. The van der Waals surface area contributed by atoms with Gasteiger partial charge in [0.2, 0.25) is 0 Å². The highest BCUT2D eigenvalue weighted by molar-refractivity contribution is 5.80. The van der Waals surface area contributed by atoms with Gasteiger partial charge in [-0.05, 0) is 18.8 Å². The Morgan fingerprint density at radius 3 is 2.43 bits per heavy atom. The van der Waals surface area contributed by atoms with Crippen molar-refractivity contribution in [1.29, 1.82) is 0 Å². The van der Waals surface area contributed by atoms with E-state index < -0.39 is 17.8 Å². The highest BCUT2D eigenvalue weighted by Gasteiger charge is 2.33. The molecular formula is C17H30O4. The number of rotatable bonds is 9. The third-order valence-electron chi connectivity index (χ3n) is 4.60. The van der Waals surface area contributed by atoms with Crippen molar-refractivity contribution in [2.45, 2.75) is 71.6 Å². The zero-order valence-electron chi connectivity index (χ0n) is 13.5. The molecule has 0 radical (unpaired) electrons. The lowest BCUT2D eigenvalue weighted by atomic mass is 9.79. The van der Waals surface area contributed by atoms with Crippen molar-refractivity contribution >= 4 is 11.9 Å². The van der Waals surface area contributed by atoms with Crippen LogP contribution in [0.25, 0.3) is 0 Å². The van der Waals surface area contributed by atoms with Crippen molar-refractivity contribution in [2.75, 3.05) is 6.61 Å². The number of ether oxygens (including phenoxy) is 1. The fourth-order valence-electron chi connectivity index (χ4n) is 3.12. The molecule has 0 aliphatic heterocycles. The van der Waals surface area contributed by atoms with E-state index in [0.29, 0.717) is 18.9 Å². The van der Waals surface area contributed by atoms with Crippen LogP contribution in [0.15, 0.2) is 0 Å². The second-order valence-corrected chi connectivity index (χ2v) is 6.35. The summed E-state index contributed by atoms with van der Waals surface area (Å²) >= 11 is 0. The van der Waals surface area contributed by atoms with Crippen molar-refractivity contribution in [2.24, 2.45) is 17.8 Å². The Morgan fingerprint density at radius 2 is 1.86 bits per heavy atom. The van der Waals surface area contributed by atoms with Gasteiger partial charge in [-0.1, -0.05) is 58.8 Å². The Kier molecular flexibility index (Phi) is 8.40. The monoisotopic (exact) mass is 298 g/mol. The van der Waals surface area contributed by atoms with E-state index in [1.807, 2.05) is 0 Å². The molecule has 0 saturated heterocycles. The topological polar surface area (TPSA) is 63.6 Å². The SMILES string of the molecule is CCCCCOC(=O)[C@H](C)[C@H](CC1CCCCC1)C(=O)O. The number of hydrogen-bond acceptors (Lipinski definition) is 3. The number of aliphatic carboxylic acids is 1. The van der Waals surface area contributed by atoms with Crippen molar-refractivity contribution in [1.82, 2.24) is 0 Å². The largest absolute Gasteiger partial charge is 0.481 e. The summed E-state index contributed by atoms with van der Waals surface area (Å²) in [6, 6.07) is 0.